The number of benzene rings is 2. The summed E-state index contributed by atoms with van der Waals surface area (Å²) in [6.07, 6.45) is 5.14. The summed E-state index contributed by atoms with van der Waals surface area (Å²) in [5.41, 5.74) is 5.56. The van der Waals surface area contributed by atoms with Crippen molar-refractivity contribution in [1.29, 1.82) is 0 Å². The highest BCUT2D eigenvalue weighted by Crippen LogP contribution is 2.50. The van der Waals surface area contributed by atoms with Crippen LogP contribution in [0.2, 0.25) is 6.32 Å². The van der Waals surface area contributed by atoms with Crippen LogP contribution in [0.15, 0.2) is 65.3 Å². The first-order chi connectivity index (χ1) is 16.9. The Bertz CT molecular complexity index is 1210. The van der Waals surface area contributed by atoms with Crippen molar-refractivity contribution in [2.75, 3.05) is 0 Å². The van der Waals surface area contributed by atoms with Crippen LogP contribution in [0.4, 0.5) is 0 Å². The van der Waals surface area contributed by atoms with E-state index in [0.29, 0.717) is 30.3 Å². The fourth-order valence-corrected chi connectivity index (χ4v) is 6.30. The minimum absolute atomic E-state index is 0.0227. The summed E-state index contributed by atoms with van der Waals surface area (Å²) in [5.74, 6) is -0.667. The third-order valence-corrected chi connectivity index (χ3v) is 7.95. The number of phenols is 1. The molecule has 1 saturated heterocycles. The minimum atomic E-state index is -0.952. The fraction of sp³-hybridized carbons (Fsp3) is 0.379. The molecule has 0 radical (unpaired) electrons. The van der Waals surface area contributed by atoms with Gasteiger partial charge in [0, 0.05) is 23.0 Å². The molecule has 1 aliphatic heterocycles. The number of carbonyl (C=O) groups is 2. The lowest BCUT2D eigenvalue weighted by Gasteiger charge is -2.47. The summed E-state index contributed by atoms with van der Waals surface area (Å²) in [7, 11) is -0.952. The van der Waals surface area contributed by atoms with Gasteiger partial charge in [0.1, 0.15) is 5.75 Å². The van der Waals surface area contributed by atoms with E-state index in [9.17, 15) is 19.7 Å². The van der Waals surface area contributed by atoms with Crippen LogP contribution in [0.1, 0.15) is 65.8 Å². The van der Waals surface area contributed by atoms with E-state index in [2.05, 4.69) is 19.9 Å². The molecular formula is C29H31BO5. The first-order valence-corrected chi connectivity index (χ1v) is 12.6. The SMILES string of the molecule is CC/C(=C\c1ccc(O)cc1)CC[C@H]1OB(O)C[C@H]2C1=C(C)C[C@H]1C(=O)c3ccccc3C(=O)[C@H]12. The first kappa shape index (κ1) is 23.8. The predicted octanol–water partition coefficient (Wildman–Crippen LogP) is 5.49. The molecule has 35 heavy (non-hydrogen) atoms. The van der Waals surface area contributed by atoms with Gasteiger partial charge in [-0.25, -0.2) is 0 Å². The number of allylic oxidation sites excluding steroid dienone is 2. The summed E-state index contributed by atoms with van der Waals surface area (Å²) >= 11 is 0. The zero-order valence-corrected chi connectivity index (χ0v) is 20.2. The van der Waals surface area contributed by atoms with E-state index in [1.807, 2.05) is 24.3 Å². The molecule has 1 heterocycles. The molecule has 2 aromatic carbocycles. The molecule has 0 amide bonds. The average molecular weight is 470 g/mol. The van der Waals surface area contributed by atoms with Crippen molar-refractivity contribution in [2.45, 2.75) is 52.0 Å². The highest BCUT2D eigenvalue weighted by atomic mass is 16.5. The van der Waals surface area contributed by atoms with Crippen molar-refractivity contribution in [3.63, 3.8) is 0 Å². The molecule has 0 bridgehead atoms. The van der Waals surface area contributed by atoms with Crippen LogP contribution in [0.3, 0.4) is 0 Å². The zero-order chi connectivity index (χ0) is 24.7. The van der Waals surface area contributed by atoms with Gasteiger partial charge in [-0.15, -0.1) is 0 Å². The number of ketones is 2. The van der Waals surface area contributed by atoms with Crippen molar-refractivity contribution in [1.82, 2.24) is 0 Å². The van der Waals surface area contributed by atoms with Crippen LogP contribution in [-0.2, 0) is 4.65 Å². The van der Waals surface area contributed by atoms with Crippen molar-refractivity contribution in [2.24, 2.45) is 17.8 Å². The topological polar surface area (TPSA) is 83.8 Å². The van der Waals surface area contributed by atoms with E-state index in [-0.39, 0.29) is 35.3 Å². The van der Waals surface area contributed by atoms with E-state index < -0.39 is 13.0 Å². The molecule has 2 aromatic rings. The van der Waals surface area contributed by atoms with Crippen LogP contribution in [0, 0.1) is 17.8 Å². The van der Waals surface area contributed by atoms with Gasteiger partial charge in [-0.2, -0.15) is 0 Å². The number of Topliss-reactive ketones (excluding diaryl/α,β-unsaturated/α-hetero) is 2. The number of phenolic OH excluding ortho intramolecular Hbond substituents is 1. The molecule has 0 spiro atoms. The second kappa shape index (κ2) is 9.59. The molecule has 1 fully saturated rings. The molecule has 2 aliphatic carbocycles. The molecule has 6 heteroatoms. The molecule has 0 aromatic heterocycles. The molecule has 5 nitrogen and oxygen atoms in total. The molecule has 0 saturated carbocycles. The van der Waals surface area contributed by atoms with Crippen LogP contribution in [0.5, 0.6) is 5.75 Å². The lowest BCUT2D eigenvalue weighted by molar-refractivity contribution is 0.0601. The standard InChI is InChI=1S/C29H31BO5/c1-3-18(15-19-8-11-20(31)12-9-19)10-13-25-26-17(2)14-23-27(24(26)16-30(34)35-25)29(33)22-7-5-4-6-21(22)28(23)32/h4-9,11-12,15,23-25,27,31,34H,3,10,13-14,16H2,1-2H3/b18-15+/t23-,24+,25-,27-/m1/s1. The number of carbonyl (C=O) groups excluding carboxylic acids is 2. The maximum atomic E-state index is 13.6. The number of fused-ring (bicyclic) bond motifs is 4. The molecular weight excluding hydrogens is 439 g/mol. The lowest BCUT2D eigenvalue weighted by atomic mass is 9.54. The Morgan fingerprint density at radius 2 is 1.74 bits per heavy atom. The van der Waals surface area contributed by atoms with Crippen molar-refractivity contribution >= 4 is 24.8 Å². The molecule has 2 N–H and O–H groups in total. The Balaban J connectivity index is 1.42. The van der Waals surface area contributed by atoms with E-state index in [4.69, 9.17) is 4.65 Å². The Morgan fingerprint density at radius 3 is 2.43 bits per heavy atom. The quantitative estimate of drug-likeness (QED) is 0.446. The van der Waals surface area contributed by atoms with Crippen molar-refractivity contribution in [3.8, 4) is 5.75 Å². The Morgan fingerprint density at radius 1 is 1.06 bits per heavy atom. The normalized spacial score (nSPS) is 26.4. The van der Waals surface area contributed by atoms with Gasteiger partial charge < -0.3 is 14.8 Å². The molecule has 3 aliphatic rings. The van der Waals surface area contributed by atoms with Crippen molar-refractivity contribution in [3.05, 3.63) is 81.9 Å². The first-order valence-electron chi connectivity index (χ1n) is 12.6. The van der Waals surface area contributed by atoms with E-state index in [1.165, 1.54) is 5.57 Å². The molecule has 0 unspecified atom stereocenters. The summed E-state index contributed by atoms with van der Waals surface area (Å²) in [6.45, 7) is 4.17. The predicted molar refractivity (Wildman–Crippen MR) is 136 cm³/mol. The van der Waals surface area contributed by atoms with Crippen LogP contribution in [-0.4, -0.2) is 34.9 Å². The average Bonchev–Trinajstić information content (AvgIpc) is 2.85. The highest BCUT2D eigenvalue weighted by Gasteiger charge is 2.52. The Hall–Kier alpha value is -2.96. The second-order valence-electron chi connectivity index (χ2n) is 10.1. The van der Waals surface area contributed by atoms with Gasteiger partial charge in [0.05, 0.1) is 6.10 Å². The van der Waals surface area contributed by atoms with Gasteiger partial charge in [0.25, 0.3) is 0 Å². The summed E-state index contributed by atoms with van der Waals surface area (Å²) in [6, 6.07) is 14.3. The molecule has 180 valence electrons. The minimum Gasteiger partial charge on any atom is -0.508 e. The maximum absolute atomic E-state index is 13.6. The summed E-state index contributed by atoms with van der Waals surface area (Å²) < 4.78 is 6.04. The number of hydrogen-bond acceptors (Lipinski definition) is 5. The van der Waals surface area contributed by atoms with E-state index in [1.54, 1.807) is 24.3 Å². The maximum Gasteiger partial charge on any atom is 0.455 e. The van der Waals surface area contributed by atoms with Gasteiger partial charge >= 0.3 is 7.12 Å². The number of rotatable bonds is 5. The van der Waals surface area contributed by atoms with Gasteiger partial charge in [-0.3, -0.25) is 9.59 Å². The monoisotopic (exact) mass is 470 g/mol. The van der Waals surface area contributed by atoms with Crippen molar-refractivity contribution < 1.29 is 24.4 Å². The number of aromatic hydroxyl groups is 1. The van der Waals surface area contributed by atoms with Gasteiger partial charge in [-0.05, 0) is 68.1 Å². The van der Waals surface area contributed by atoms with Crippen LogP contribution in [0.25, 0.3) is 6.08 Å². The third kappa shape index (κ3) is 4.41. The summed E-state index contributed by atoms with van der Waals surface area (Å²) in [4.78, 5) is 26.9. The third-order valence-electron chi connectivity index (χ3n) is 7.95. The van der Waals surface area contributed by atoms with Crippen LogP contribution >= 0.6 is 0 Å². The zero-order valence-electron chi connectivity index (χ0n) is 20.2. The molecule has 4 atom stereocenters. The van der Waals surface area contributed by atoms with Gasteiger partial charge in [-0.1, -0.05) is 60.5 Å². The molecule has 5 rings (SSSR count). The highest BCUT2D eigenvalue weighted by molar-refractivity contribution is 6.43. The largest absolute Gasteiger partial charge is 0.508 e. The Labute approximate surface area is 206 Å². The lowest BCUT2D eigenvalue weighted by Crippen LogP contribution is -2.50. The second-order valence-corrected chi connectivity index (χ2v) is 10.1. The fourth-order valence-electron chi connectivity index (χ4n) is 6.30. The smallest absolute Gasteiger partial charge is 0.455 e. The van der Waals surface area contributed by atoms with E-state index in [0.717, 1.165) is 29.6 Å². The van der Waals surface area contributed by atoms with Gasteiger partial charge in [0.15, 0.2) is 11.6 Å². The summed E-state index contributed by atoms with van der Waals surface area (Å²) in [5, 5.41) is 20.2. The number of hydrogen-bond donors (Lipinski definition) is 2. The van der Waals surface area contributed by atoms with E-state index >= 15 is 0 Å². The Kier molecular flexibility index (Phi) is 6.52. The van der Waals surface area contributed by atoms with Gasteiger partial charge in [0.2, 0.25) is 0 Å². The van der Waals surface area contributed by atoms with Crippen LogP contribution < -0.4 is 0 Å².